The van der Waals surface area contributed by atoms with E-state index in [9.17, 15) is 26.9 Å². The molecule has 2 heterocycles. The van der Waals surface area contributed by atoms with Crippen LogP contribution < -0.4 is 4.90 Å². The summed E-state index contributed by atoms with van der Waals surface area (Å²) in [6.07, 6.45) is 6.68. The molecule has 3 aliphatic rings. The topological polar surface area (TPSA) is 64.4 Å². The molecule has 5 rings (SSSR count). The summed E-state index contributed by atoms with van der Waals surface area (Å²) in [6, 6.07) is 18.2. The molecule has 1 aliphatic carbocycles. The quantitative estimate of drug-likeness (QED) is 0.441. The summed E-state index contributed by atoms with van der Waals surface area (Å²) in [6.45, 7) is 4.47. The number of nitriles is 1. The number of piperidine rings is 1. The molecule has 1 atom stereocenters. The summed E-state index contributed by atoms with van der Waals surface area (Å²) in [7, 11) is -5.32. The van der Waals surface area contributed by atoms with E-state index in [4.69, 9.17) is 0 Å². The Bertz CT molecular complexity index is 1240. The monoisotopic (exact) mass is 545 g/mol. The van der Waals surface area contributed by atoms with Crippen molar-refractivity contribution in [3.05, 3.63) is 60.2 Å². The molecule has 204 valence electrons. The molecule has 3 fully saturated rings. The number of rotatable bonds is 7. The van der Waals surface area contributed by atoms with Crippen LogP contribution in [0.5, 0.6) is 0 Å². The average Bonchev–Trinajstić information content (AvgIpc) is 3.43. The van der Waals surface area contributed by atoms with Crippen LogP contribution in [-0.4, -0.2) is 51.5 Å². The van der Waals surface area contributed by atoms with E-state index in [0.717, 1.165) is 76.2 Å². The third-order valence-corrected chi connectivity index (χ3v) is 10.5. The summed E-state index contributed by atoms with van der Waals surface area (Å²) in [5.74, 6) is 1.22. The minimum absolute atomic E-state index is 0.346. The van der Waals surface area contributed by atoms with Crippen LogP contribution in [0.15, 0.2) is 59.5 Å². The van der Waals surface area contributed by atoms with Crippen LogP contribution in [0.2, 0.25) is 0 Å². The highest BCUT2D eigenvalue weighted by atomic mass is 32.2. The Kier molecular flexibility index (Phi) is 7.49. The standard InChI is InChI=1S/C29H34F3N3O2S/c30-29(31,32)38(36,37)27-12-10-26(11-13-27)35-19-22(20-35)18-34-16-14-25(15-17-34)28(21-33,24-8-4-5-9-24)23-6-2-1-3-7-23/h1-3,6-7,10-13,22,24-25H,4-5,8-9,14-20H2/t28-/m0/s1. The number of halogens is 3. The van der Waals surface area contributed by atoms with E-state index in [1.807, 2.05) is 6.07 Å². The number of nitrogens with zero attached hydrogens (tertiary/aromatic N) is 3. The first-order valence-electron chi connectivity index (χ1n) is 13.5. The average molecular weight is 546 g/mol. The van der Waals surface area contributed by atoms with Gasteiger partial charge in [-0.15, -0.1) is 0 Å². The van der Waals surface area contributed by atoms with Gasteiger partial charge in [0.15, 0.2) is 0 Å². The van der Waals surface area contributed by atoms with Gasteiger partial charge in [-0.3, -0.25) is 0 Å². The molecular formula is C29H34F3N3O2S. The fourth-order valence-corrected chi connectivity index (χ4v) is 7.71. The molecule has 5 nitrogen and oxygen atoms in total. The smallest absolute Gasteiger partial charge is 0.371 e. The van der Waals surface area contributed by atoms with E-state index < -0.39 is 25.7 Å². The number of likely N-dealkylation sites (tertiary alicyclic amines) is 1. The first-order valence-corrected chi connectivity index (χ1v) is 15.0. The van der Waals surface area contributed by atoms with Crippen molar-refractivity contribution < 1.29 is 21.6 Å². The second-order valence-corrected chi connectivity index (χ2v) is 13.1. The van der Waals surface area contributed by atoms with Gasteiger partial charge in [0, 0.05) is 31.2 Å². The molecular weight excluding hydrogens is 511 g/mol. The van der Waals surface area contributed by atoms with E-state index in [-0.39, 0.29) is 0 Å². The van der Waals surface area contributed by atoms with E-state index in [1.54, 1.807) is 0 Å². The van der Waals surface area contributed by atoms with Gasteiger partial charge in [0.25, 0.3) is 9.84 Å². The number of hydrogen-bond acceptors (Lipinski definition) is 5. The Morgan fingerprint density at radius 2 is 1.45 bits per heavy atom. The van der Waals surface area contributed by atoms with Crippen molar-refractivity contribution in [2.45, 2.75) is 54.3 Å². The fourth-order valence-electron chi connectivity index (χ4n) is 6.95. The van der Waals surface area contributed by atoms with E-state index >= 15 is 0 Å². The molecule has 2 saturated heterocycles. The molecule has 2 aromatic carbocycles. The lowest BCUT2D eigenvalue weighted by Gasteiger charge is -2.47. The predicted molar refractivity (Wildman–Crippen MR) is 140 cm³/mol. The third-order valence-electron chi connectivity index (χ3n) is 8.96. The highest BCUT2D eigenvalue weighted by molar-refractivity contribution is 7.92. The minimum atomic E-state index is -5.32. The van der Waals surface area contributed by atoms with Gasteiger partial charge in [0.1, 0.15) is 0 Å². The van der Waals surface area contributed by atoms with Gasteiger partial charge in [0.05, 0.1) is 16.4 Å². The summed E-state index contributed by atoms with van der Waals surface area (Å²) < 4.78 is 61.5. The van der Waals surface area contributed by atoms with Crippen molar-refractivity contribution in [1.82, 2.24) is 4.90 Å². The number of alkyl halides is 3. The molecule has 0 aromatic heterocycles. The third kappa shape index (κ3) is 4.93. The first-order chi connectivity index (χ1) is 18.1. The maximum atomic E-state index is 12.8. The summed E-state index contributed by atoms with van der Waals surface area (Å²) in [5.41, 5.74) is -3.80. The van der Waals surface area contributed by atoms with Crippen molar-refractivity contribution in [3.8, 4) is 6.07 Å². The minimum Gasteiger partial charge on any atom is -0.371 e. The highest BCUT2D eigenvalue weighted by Gasteiger charge is 2.49. The Morgan fingerprint density at radius 3 is 2.00 bits per heavy atom. The van der Waals surface area contributed by atoms with Crippen molar-refractivity contribution in [1.29, 1.82) is 5.26 Å². The van der Waals surface area contributed by atoms with Gasteiger partial charge in [-0.1, -0.05) is 43.2 Å². The van der Waals surface area contributed by atoms with Crippen LogP contribution in [0, 0.1) is 29.1 Å². The number of hydrogen-bond donors (Lipinski definition) is 0. The molecule has 38 heavy (non-hydrogen) atoms. The number of anilines is 1. The van der Waals surface area contributed by atoms with Gasteiger partial charge < -0.3 is 9.80 Å². The second kappa shape index (κ2) is 10.5. The Balaban J connectivity index is 1.16. The summed E-state index contributed by atoms with van der Waals surface area (Å²) in [4.78, 5) is 3.83. The lowest BCUT2D eigenvalue weighted by atomic mass is 9.60. The first kappa shape index (κ1) is 27.0. The van der Waals surface area contributed by atoms with Gasteiger partial charge in [-0.2, -0.15) is 18.4 Å². The van der Waals surface area contributed by atoms with Crippen LogP contribution in [0.25, 0.3) is 0 Å². The van der Waals surface area contributed by atoms with Crippen molar-refractivity contribution in [3.63, 3.8) is 0 Å². The molecule has 0 amide bonds. The largest absolute Gasteiger partial charge is 0.501 e. The summed E-state index contributed by atoms with van der Waals surface area (Å²) in [5, 5.41) is 10.6. The lowest BCUT2D eigenvalue weighted by Crippen LogP contribution is -2.53. The summed E-state index contributed by atoms with van der Waals surface area (Å²) >= 11 is 0. The molecule has 2 aromatic rings. The fraction of sp³-hybridized carbons (Fsp3) is 0.552. The molecule has 0 spiro atoms. The number of benzene rings is 2. The van der Waals surface area contributed by atoms with Crippen LogP contribution >= 0.6 is 0 Å². The second-order valence-electron chi connectivity index (χ2n) is 11.1. The Labute approximate surface area is 223 Å². The molecule has 0 radical (unpaired) electrons. The van der Waals surface area contributed by atoms with Crippen LogP contribution in [0.1, 0.15) is 44.1 Å². The lowest BCUT2D eigenvalue weighted by molar-refractivity contribution is -0.0436. The Morgan fingerprint density at radius 1 is 0.868 bits per heavy atom. The van der Waals surface area contributed by atoms with Gasteiger partial charge in [0.2, 0.25) is 0 Å². The zero-order chi connectivity index (χ0) is 27.0. The van der Waals surface area contributed by atoms with Crippen molar-refractivity contribution in [2.24, 2.45) is 17.8 Å². The molecule has 1 saturated carbocycles. The van der Waals surface area contributed by atoms with Crippen molar-refractivity contribution in [2.75, 3.05) is 37.6 Å². The highest BCUT2D eigenvalue weighted by Crippen LogP contribution is 2.50. The van der Waals surface area contributed by atoms with Gasteiger partial charge in [-0.25, -0.2) is 8.42 Å². The maximum Gasteiger partial charge on any atom is 0.501 e. The van der Waals surface area contributed by atoms with Crippen LogP contribution in [-0.2, 0) is 15.3 Å². The maximum absolute atomic E-state index is 12.8. The van der Waals surface area contributed by atoms with Crippen LogP contribution in [0.3, 0.4) is 0 Å². The molecule has 9 heteroatoms. The molecule has 0 unspecified atom stereocenters. The van der Waals surface area contributed by atoms with E-state index in [1.165, 1.54) is 30.5 Å². The molecule has 0 N–H and O–H groups in total. The molecule has 2 aliphatic heterocycles. The number of sulfone groups is 1. The van der Waals surface area contributed by atoms with Gasteiger partial charge >= 0.3 is 5.51 Å². The van der Waals surface area contributed by atoms with E-state index in [0.29, 0.717) is 17.8 Å². The normalized spacial score (nSPS) is 22.1. The van der Waals surface area contributed by atoms with E-state index in [2.05, 4.69) is 40.1 Å². The zero-order valence-corrected chi connectivity index (χ0v) is 22.2. The Hall–Kier alpha value is -2.57. The van der Waals surface area contributed by atoms with Gasteiger partial charge in [-0.05, 0) is 80.4 Å². The molecule has 0 bridgehead atoms. The zero-order valence-electron chi connectivity index (χ0n) is 21.4. The van der Waals surface area contributed by atoms with Crippen molar-refractivity contribution >= 4 is 15.5 Å². The van der Waals surface area contributed by atoms with Crippen LogP contribution in [0.4, 0.5) is 18.9 Å². The SMILES string of the molecule is N#C[C@](c1ccccc1)(C1CCCC1)C1CCN(CC2CN(c3ccc(S(=O)(=O)C(F)(F)F)cc3)C2)CC1. The predicted octanol–water partition coefficient (Wildman–Crippen LogP) is 5.78.